The highest BCUT2D eigenvalue weighted by Gasteiger charge is 2.26. The van der Waals surface area contributed by atoms with E-state index in [-0.39, 0.29) is 25.8 Å². The van der Waals surface area contributed by atoms with Gasteiger partial charge in [0.05, 0.1) is 34.4 Å². The van der Waals surface area contributed by atoms with Crippen LogP contribution in [0.15, 0.2) is 24.3 Å². The summed E-state index contributed by atoms with van der Waals surface area (Å²) >= 11 is 0. The Kier molecular flexibility index (Phi) is 37.2. The Morgan fingerprint density at radius 3 is 1.57 bits per heavy atom. The number of rotatable bonds is 41. The van der Waals surface area contributed by atoms with Crippen LogP contribution < -0.4 is 0 Å². The van der Waals surface area contributed by atoms with E-state index in [1.807, 2.05) is 21.1 Å². The molecule has 0 aromatic rings. The van der Waals surface area contributed by atoms with Crippen LogP contribution >= 0.6 is 7.82 Å². The van der Waals surface area contributed by atoms with Crippen LogP contribution in [0.2, 0.25) is 0 Å². The molecule has 1 N–H and O–H groups in total. The minimum atomic E-state index is -4.27. The smallest absolute Gasteiger partial charge is 0.457 e. The van der Waals surface area contributed by atoms with E-state index in [2.05, 4.69) is 38.2 Å². The summed E-state index contributed by atoms with van der Waals surface area (Å²) in [6.45, 7) is 5.62. The lowest BCUT2D eigenvalue weighted by Gasteiger charge is -2.24. The summed E-state index contributed by atoms with van der Waals surface area (Å²) in [5.41, 5.74) is 0. The third-order valence-electron chi connectivity index (χ3n) is 9.52. The van der Waals surface area contributed by atoms with Crippen molar-refractivity contribution >= 4 is 13.8 Å². The number of phosphoric ester groups is 1. The lowest BCUT2D eigenvalue weighted by Crippen LogP contribution is -2.37. The van der Waals surface area contributed by atoms with Crippen molar-refractivity contribution in [3.63, 3.8) is 0 Å². The molecule has 8 nitrogen and oxygen atoms in total. The van der Waals surface area contributed by atoms with Crippen LogP contribution in [-0.4, -0.2) is 75.6 Å². The van der Waals surface area contributed by atoms with Gasteiger partial charge in [0.1, 0.15) is 19.3 Å². The van der Waals surface area contributed by atoms with Gasteiger partial charge >= 0.3 is 13.8 Å². The Morgan fingerprint density at radius 2 is 1.04 bits per heavy atom. The zero-order valence-corrected chi connectivity index (χ0v) is 36.4. The second-order valence-electron chi connectivity index (χ2n) is 16.1. The van der Waals surface area contributed by atoms with E-state index in [0.717, 1.165) is 38.5 Å². The summed E-state index contributed by atoms with van der Waals surface area (Å²) in [7, 11) is 1.67. The SMILES string of the molecule is CCCCC/C=C\C/C=C\CCCCCCCCCCCC(=O)OC(COCCCCCCCCCCCCCC)COP(=O)(O)OCC[N+](C)(C)C. The molecule has 0 aliphatic heterocycles. The van der Waals surface area contributed by atoms with E-state index in [0.29, 0.717) is 24.1 Å². The number of unbranched alkanes of at least 4 members (excludes halogenated alkanes) is 23. The Hall–Kier alpha value is -1.02. The number of likely N-dealkylation sites (N-methyl/N-ethyl adjacent to an activating group) is 1. The number of hydrogen-bond donors (Lipinski definition) is 1. The predicted octanol–water partition coefficient (Wildman–Crippen LogP) is 12.8. The Labute approximate surface area is 328 Å². The normalized spacial score (nSPS) is 14.0. The van der Waals surface area contributed by atoms with E-state index in [9.17, 15) is 14.3 Å². The first kappa shape index (κ1) is 52.0. The lowest BCUT2D eigenvalue weighted by molar-refractivity contribution is -0.870. The van der Waals surface area contributed by atoms with Gasteiger partial charge in [0.25, 0.3) is 0 Å². The summed E-state index contributed by atoms with van der Waals surface area (Å²) in [4.78, 5) is 22.9. The van der Waals surface area contributed by atoms with Gasteiger partial charge in [-0.3, -0.25) is 13.8 Å². The second-order valence-corrected chi connectivity index (χ2v) is 17.5. The van der Waals surface area contributed by atoms with Crippen molar-refractivity contribution in [3.8, 4) is 0 Å². The van der Waals surface area contributed by atoms with E-state index < -0.39 is 13.9 Å². The molecule has 2 atom stereocenters. The van der Waals surface area contributed by atoms with Gasteiger partial charge < -0.3 is 18.9 Å². The number of phosphoric acid groups is 1. The maximum Gasteiger partial charge on any atom is 0.472 e. The molecule has 9 heteroatoms. The van der Waals surface area contributed by atoms with E-state index in [1.54, 1.807) is 0 Å². The van der Waals surface area contributed by atoms with Gasteiger partial charge in [0.15, 0.2) is 0 Å². The first-order chi connectivity index (χ1) is 25.6. The molecule has 0 saturated carbocycles. The molecule has 0 aliphatic carbocycles. The van der Waals surface area contributed by atoms with Crippen LogP contribution in [0, 0.1) is 0 Å². The highest BCUT2D eigenvalue weighted by Crippen LogP contribution is 2.43. The third-order valence-corrected chi connectivity index (χ3v) is 10.5. The molecule has 0 saturated heterocycles. The van der Waals surface area contributed by atoms with Crippen molar-refractivity contribution in [2.24, 2.45) is 0 Å². The van der Waals surface area contributed by atoms with Crippen molar-refractivity contribution in [1.82, 2.24) is 0 Å². The summed E-state index contributed by atoms with van der Waals surface area (Å²) < 4.78 is 35.0. The van der Waals surface area contributed by atoms with Crippen molar-refractivity contribution in [2.75, 3.05) is 54.1 Å². The van der Waals surface area contributed by atoms with Crippen molar-refractivity contribution in [1.29, 1.82) is 0 Å². The number of hydrogen-bond acceptors (Lipinski definition) is 6. The van der Waals surface area contributed by atoms with Crippen LogP contribution in [0.5, 0.6) is 0 Å². The molecule has 0 aliphatic rings. The van der Waals surface area contributed by atoms with Gasteiger partial charge in [-0.1, -0.05) is 167 Å². The highest BCUT2D eigenvalue weighted by atomic mass is 31.2. The predicted molar refractivity (Wildman–Crippen MR) is 224 cm³/mol. The molecule has 2 unspecified atom stereocenters. The minimum Gasteiger partial charge on any atom is -0.457 e. The Morgan fingerprint density at radius 1 is 0.585 bits per heavy atom. The lowest BCUT2D eigenvalue weighted by atomic mass is 10.1. The topological polar surface area (TPSA) is 91.3 Å². The molecule has 314 valence electrons. The highest BCUT2D eigenvalue weighted by molar-refractivity contribution is 7.47. The Balaban J connectivity index is 4.19. The number of esters is 1. The molecular weight excluding hydrogens is 685 g/mol. The second kappa shape index (κ2) is 37.9. The summed E-state index contributed by atoms with van der Waals surface area (Å²) in [5.74, 6) is -0.316. The molecule has 0 fully saturated rings. The molecular formula is C44H87NO7P+. The molecule has 0 amide bonds. The van der Waals surface area contributed by atoms with E-state index in [4.69, 9.17) is 18.5 Å². The maximum atomic E-state index is 12.7. The van der Waals surface area contributed by atoms with Crippen LogP contribution in [0.3, 0.4) is 0 Å². The van der Waals surface area contributed by atoms with Gasteiger partial charge in [-0.05, 0) is 44.9 Å². The molecule has 0 aromatic carbocycles. The number of carbonyl (C=O) groups is 1. The number of ether oxygens (including phenoxy) is 2. The molecule has 0 aromatic heterocycles. The van der Waals surface area contributed by atoms with Crippen LogP contribution in [0.1, 0.15) is 194 Å². The monoisotopic (exact) mass is 773 g/mol. The fourth-order valence-electron chi connectivity index (χ4n) is 6.05. The van der Waals surface area contributed by atoms with E-state index >= 15 is 0 Å². The Bertz CT molecular complexity index is 905. The molecule has 0 radical (unpaired) electrons. The maximum absolute atomic E-state index is 12.7. The summed E-state index contributed by atoms with van der Waals surface area (Å²) in [5, 5.41) is 0. The van der Waals surface area contributed by atoms with Gasteiger partial charge in [-0.25, -0.2) is 4.57 Å². The number of carbonyl (C=O) groups excluding carboxylic acids is 1. The van der Waals surface area contributed by atoms with Gasteiger partial charge in [-0.15, -0.1) is 0 Å². The molecule has 0 rings (SSSR count). The fourth-order valence-corrected chi connectivity index (χ4v) is 6.79. The van der Waals surface area contributed by atoms with Crippen molar-refractivity contribution in [2.45, 2.75) is 200 Å². The number of quaternary nitrogens is 1. The first-order valence-electron chi connectivity index (χ1n) is 22.1. The van der Waals surface area contributed by atoms with Crippen LogP contribution in [0.4, 0.5) is 0 Å². The molecule has 53 heavy (non-hydrogen) atoms. The fraction of sp³-hybridized carbons (Fsp3) is 0.886. The quantitative estimate of drug-likeness (QED) is 0.0217. The standard InChI is InChI=1S/C44H86NO7P/c1-6-8-10-12-14-16-18-20-21-22-23-24-25-26-27-29-31-33-35-37-44(46)52-43(42-51-53(47,48)50-40-38-45(3,4)5)41-49-39-36-34-32-30-28-19-17-15-13-11-9-7-2/h14,16,20-21,43H,6-13,15,17-19,22-42H2,1-5H3/p+1/b16-14-,21-20-. The molecule has 0 bridgehead atoms. The van der Waals surface area contributed by atoms with Crippen molar-refractivity contribution < 1.29 is 37.3 Å². The average molecular weight is 773 g/mol. The first-order valence-corrected chi connectivity index (χ1v) is 23.6. The number of nitrogens with zero attached hydrogens (tertiary/aromatic N) is 1. The molecule has 0 spiro atoms. The van der Waals surface area contributed by atoms with Gasteiger partial charge in [0.2, 0.25) is 0 Å². The van der Waals surface area contributed by atoms with Crippen LogP contribution in [-0.2, 0) is 27.9 Å². The average Bonchev–Trinajstić information content (AvgIpc) is 3.11. The van der Waals surface area contributed by atoms with Crippen molar-refractivity contribution in [3.05, 3.63) is 24.3 Å². The zero-order chi connectivity index (χ0) is 39.1. The van der Waals surface area contributed by atoms with Gasteiger partial charge in [-0.2, -0.15) is 0 Å². The summed E-state index contributed by atoms with van der Waals surface area (Å²) in [6, 6.07) is 0. The summed E-state index contributed by atoms with van der Waals surface area (Å²) in [6.07, 6.45) is 42.0. The minimum absolute atomic E-state index is 0.0896. The zero-order valence-electron chi connectivity index (χ0n) is 35.5. The van der Waals surface area contributed by atoms with Gasteiger partial charge in [0, 0.05) is 13.0 Å². The molecule has 0 heterocycles. The largest absolute Gasteiger partial charge is 0.472 e. The van der Waals surface area contributed by atoms with Crippen LogP contribution in [0.25, 0.3) is 0 Å². The van der Waals surface area contributed by atoms with E-state index in [1.165, 1.54) is 135 Å². The number of allylic oxidation sites excluding steroid dienone is 4. The third kappa shape index (κ3) is 42.0.